The first-order valence-electron chi connectivity index (χ1n) is 11.2. The third-order valence-corrected chi connectivity index (χ3v) is 6.80. The summed E-state index contributed by atoms with van der Waals surface area (Å²) in [6.07, 6.45) is 4.48. The van der Waals surface area contributed by atoms with E-state index in [1.165, 1.54) is 38.7 Å². The Morgan fingerprint density at radius 3 is 2.09 bits per heavy atom. The van der Waals surface area contributed by atoms with Gasteiger partial charge < -0.3 is 9.64 Å². The van der Waals surface area contributed by atoms with E-state index < -0.39 is 5.60 Å². The number of ether oxygens (including phenoxy) is 1. The molecule has 2 heteroatoms. The van der Waals surface area contributed by atoms with Gasteiger partial charge >= 0.3 is 0 Å². The first-order chi connectivity index (χ1) is 15.4. The van der Waals surface area contributed by atoms with Crippen LogP contribution in [0.3, 0.4) is 0 Å². The molecule has 0 fully saturated rings. The first kappa shape index (κ1) is 20.4. The third-order valence-electron chi connectivity index (χ3n) is 6.80. The van der Waals surface area contributed by atoms with Gasteiger partial charge in [0.2, 0.25) is 0 Å². The van der Waals surface area contributed by atoms with Crippen LogP contribution in [0.5, 0.6) is 5.75 Å². The molecule has 1 aliphatic rings. The molecule has 160 valence electrons. The maximum absolute atomic E-state index is 7.08. The van der Waals surface area contributed by atoms with Crippen molar-refractivity contribution in [2.75, 3.05) is 19.0 Å². The van der Waals surface area contributed by atoms with Gasteiger partial charge in [0.25, 0.3) is 0 Å². The lowest BCUT2D eigenvalue weighted by Gasteiger charge is -2.37. The van der Waals surface area contributed by atoms with E-state index in [1.54, 1.807) is 0 Å². The zero-order valence-corrected chi connectivity index (χ0v) is 19.4. The number of hydrogen-bond donors (Lipinski definition) is 0. The molecule has 1 aliphatic heterocycles. The van der Waals surface area contributed by atoms with Gasteiger partial charge in [-0.25, -0.2) is 0 Å². The van der Waals surface area contributed by atoms with Gasteiger partial charge in [0.15, 0.2) is 5.60 Å². The zero-order valence-electron chi connectivity index (χ0n) is 19.4. The predicted molar refractivity (Wildman–Crippen MR) is 136 cm³/mol. The zero-order chi connectivity index (χ0) is 22.5. The molecule has 0 radical (unpaired) electrons. The second-order valence-corrected chi connectivity index (χ2v) is 9.02. The van der Waals surface area contributed by atoms with Crippen molar-refractivity contribution in [1.29, 1.82) is 0 Å². The number of anilines is 1. The summed E-state index contributed by atoms with van der Waals surface area (Å²) in [6.45, 7) is 6.56. The predicted octanol–water partition coefficient (Wildman–Crippen LogP) is 7.18. The van der Waals surface area contributed by atoms with Gasteiger partial charge in [0.1, 0.15) is 5.75 Å². The maximum Gasteiger partial charge on any atom is 0.178 e. The Morgan fingerprint density at radius 2 is 1.41 bits per heavy atom. The van der Waals surface area contributed by atoms with E-state index in [0.29, 0.717) is 0 Å². The minimum atomic E-state index is -0.682. The molecule has 4 aromatic rings. The SMILES string of the molecule is Cc1ccc2c3c(c(C)c(C)c2c1)C=CC(c1ccccc1)(c1ccc(N(C)C)cc1)O3. The van der Waals surface area contributed by atoms with Gasteiger partial charge in [-0.3, -0.25) is 0 Å². The first-order valence-corrected chi connectivity index (χ1v) is 11.2. The quantitative estimate of drug-likeness (QED) is 0.349. The molecule has 5 rings (SSSR count). The van der Waals surface area contributed by atoms with Crippen LogP contribution in [0.4, 0.5) is 5.69 Å². The highest BCUT2D eigenvalue weighted by molar-refractivity contribution is 5.97. The summed E-state index contributed by atoms with van der Waals surface area (Å²) in [5, 5.41) is 2.43. The normalized spacial score (nSPS) is 17.2. The Morgan fingerprint density at radius 1 is 0.719 bits per heavy atom. The molecule has 0 saturated carbocycles. The number of aryl methyl sites for hydroxylation is 2. The van der Waals surface area contributed by atoms with Crippen molar-refractivity contribution < 1.29 is 4.74 Å². The van der Waals surface area contributed by atoms with E-state index in [-0.39, 0.29) is 0 Å². The Hall–Kier alpha value is -3.52. The topological polar surface area (TPSA) is 12.5 Å². The molecule has 4 aromatic carbocycles. The lowest BCUT2D eigenvalue weighted by Crippen LogP contribution is -2.34. The van der Waals surface area contributed by atoms with Crippen molar-refractivity contribution in [3.8, 4) is 5.75 Å². The fourth-order valence-corrected chi connectivity index (χ4v) is 4.76. The molecule has 0 saturated heterocycles. The molecular formula is C30H29NO. The Labute approximate surface area is 190 Å². The van der Waals surface area contributed by atoms with E-state index in [0.717, 1.165) is 16.9 Å². The molecule has 2 nitrogen and oxygen atoms in total. The van der Waals surface area contributed by atoms with Crippen LogP contribution in [0.15, 0.2) is 78.9 Å². The average molecular weight is 420 g/mol. The van der Waals surface area contributed by atoms with Crippen molar-refractivity contribution in [2.24, 2.45) is 0 Å². The molecule has 0 aromatic heterocycles. The minimum absolute atomic E-state index is 0.682. The number of hydrogen-bond acceptors (Lipinski definition) is 2. The number of rotatable bonds is 3. The van der Waals surface area contributed by atoms with E-state index in [9.17, 15) is 0 Å². The summed E-state index contributed by atoms with van der Waals surface area (Å²) in [4.78, 5) is 2.12. The molecule has 1 atom stereocenters. The van der Waals surface area contributed by atoms with Gasteiger partial charge in [-0.15, -0.1) is 0 Å². The summed E-state index contributed by atoms with van der Waals surface area (Å²) in [7, 11) is 4.13. The Kier molecular flexibility index (Phi) is 4.82. The summed E-state index contributed by atoms with van der Waals surface area (Å²) in [6, 6.07) is 25.9. The van der Waals surface area contributed by atoms with Crippen LogP contribution in [0.2, 0.25) is 0 Å². The second kappa shape index (κ2) is 7.56. The molecule has 0 amide bonds. The van der Waals surface area contributed by atoms with E-state index in [2.05, 4.69) is 125 Å². The fraction of sp³-hybridized carbons (Fsp3) is 0.200. The highest BCUT2D eigenvalue weighted by atomic mass is 16.5. The van der Waals surface area contributed by atoms with Gasteiger partial charge in [-0.05, 0) is 55.5 Å². The lowest BCUT2D eigenvalue weighted by molar-refractivity contribution is 0.163. The van der Waals surface area contributed by atoms with Crippen molar-refractivity contribution in [3.05, 3.63) is 112 Å². The minimum Gasteiger partial charge on any atom is -0.472 e. The summed E-state index contributed by atoms with van der Waals surface area (Å²) >= 11 is 0. The number of benzene rings is 4. The molecular weight excluding hydrogens is 390 g/mol. The highest BCUT2D eigenvalue weighted by Crippen LogP contribution is 2.47. The van der Waals surface area contributed by atoms with Crippen LogP contribution >= 0.6 is 0 Å². The smallest absolute Gasteiger partial charge is 0.178 e. The van der Waals surface area contributed by atoms with E-state index >= 15 is 0 Å². The lowest BCUT2D eigenvalue weighted by atomic mass is 9.82. The number of fused-ring (bicyclic) bond motifs is 3. The largest absolute Gasteiger partial charge is 0.472 e. The van der Waals surface area contributed by atoms with Crippen LogP contribution in [-0.4, -0.2) is 14.1 Å². The molecule has 1 heterocycles. The van der Waals surface area contributed by atoms with Crippen molar-refractivity contribution in [1.82, 2.24) is 0 Å². The van der Waals surface area contributed by atoms with Gasteiger partial charge in [0.05, 0.1) is 0 Å². The second-order valence-electron chi connectivity index (χ2n) is 9.02. The molecule has 32 heavy (non-hydrogen) atoms. The van der Waals surface area contributed by atoms with Crippen LogP contribution < -0.4 is 9.64 Å². The summed E-state index contributed by atoms with van der Waals surface area (Å²) in [5.41, 5.74) is 7.77. The Balaban J connectivity index is 1.77. The van der Waals surface area contributed by atoms with Crippen LogP contribution in [0.1, 0.15) is 33.4 Å². The van der Waals surface area contributed by atoms with Crippen molar-refractivity contribution in [3.63, 3.8) is 0 Å². The standard InChI is InChI=1S/C30H29NO/c1-20-11-16-27-28(19-20)22(3)21(2)26-17-18-30(32-29(26)27,23-9-7-6-8-10-23)24-12-14-25(15-13-24)31(4)5/h6-19H,1-5H3. The molecule has 0 N–H and O–H groups in total. The van der Waals surface area contributed by atoms with E-state index in [4.69, 9.17) is 4.74 Å². The molecule has 0 bridgehead atoms. The fourth-order valence-electron chi connectivity index (χ4n) is 4.76. The van der Waals surface area contributed by atoms with Crippen LogP contribution in [0, 0.1) is 20.8 Å². The monoisotopic (exact) mass is 419 g/mol. The third kappa shape index (κ3) is 3.10. The molecule has 1 unspecified atom stereocenters. The summed E-state index contributed by atoms with van der Waals surface area (Å²) in [5.74, 6) is 0.964. The van der Waals surface area contributed by atoms with Gasteiger partial charge in [-0.2, -0.15) is 0 Å². The Bertz CT molecular complexity index is 1330. The molecule has 0 aliphatic carbocycles. The average Bonchev–Trinajstić information content (AvgIpc) is 2.82. The van der Waals surface area contributed by atoms with Gasteiger partial charge in [-0.1, -0.05) is 72.3 Å². The maximum atomic E-state index is 7.08. The summed E-state index contributed by atoms with van der Waals surface area (Å²) < 4.78 is 7.08. The van der Waals surface area contributed by atoms with E-state index in [1.807, 2.05) is 0 Å². The van der Waals surface area contributed by atoms with Crippen molar-refractivity contribution >= 4 is 22.5 Å². The van der Waals surface area contributed by atoms with Gasteiger partial charge in [0, 0.05) is 41.9 Å². The van der Waals surface area contributed by atoms with Crippen LogP contribution in [0.25, 0.3) is 16.8 Å². The van der Waals surface area contributed by atoms with Crippen molar-refractivity contribution in [2.45, 2.75) is 26.4 Å². The van der Waals surface area contributed by atoms with Crippen LogP contribution in [-0.2, 0) is 5.60 Å². The highest BCUT2D eigenvalue weighted by Gasteiger charge is 2.38. The molecule has 0 spiro atoms. The number of nitrogens with zero attached hydrogens (tertiary/aromatic N) is 1.